The fourth-order valence-corrected chi connectivity index (χ4v) is 1.88. The first kappa shape index (κ1) is 9.47. The third-order valence-electron chi connectivity index (χ3n) is 1.18. The van der Waals surface area contributed by atoms with Gasteiger partial charge in [0.25, 0.3) is 0 Å². The number of H-pyrrole nitrogens is 1. The van der Waals surface area contributed by atoms with Crippen LogP contribution in [0, 0.1) is 0 Å². The van der Waals surface area contributed by atoms with Crippen molar-refractivity contribution in [2.24, 2.45) is 0 Å². The fraction of sp³-hybridized carbons (Fsp3) is 0.167. The highest BCUT2D eigenvalue weighted by Gasteiger charge is 2.08. The quantitative estimate of drug-likeness (QED) is 0.742. The topological polar surface area (TPSA) is 67.0 Å². The van der Waals surface area contributed by atoms with Crippen LogP contribution in [0.15, 0.2) is 26.6 Å². The summed E-state index contributed by atoms with van der Waals surface area (Å²) in [4.78, 5) is 13.4. The summed E-state index contributed by atoms with van der Waals surface area (Å²) >= 11 is 2.99. The van der Waals surface area contributed by atoms with Gasteiger partial charge in [-0.1, -0.05) is 0 Å². The highest BCUT2D eigenvalue weighted by molar-refractivity contribution is 9.10. The number of rotatable bonds is 1. The van der Waals surface area contributed by atoms with Crippen LogP contribution in [0.3, 0.4) is 0 Å². The number of nitrogens with one attached hydrogen (secondary N) is 1. The van der Waals surface area contributed by atoms with Crippen LogP contribution >= 0.6 is 15.9 Å². The molecular formula is C6H6BrNO3S. The average Bonchev–Trinajstić information content (AvgIpc) is 1.82. The summed E-state index contributed by atoms with van der Waals surface area (Å²) in [6, 6.07) is 2.30. The number of aromatic nitrogens is 1. The minimum Gasteiger partial charge on any atom is -0.340 e. The van der Waals surface area contributed by atoms with Gasteiger partial charge in [-0.25, -0.2) is 8.42 Å². The molecule has 0 aliphatic heterocycles. The van der Waals surface area contributed by atoms with Gasteiger partial charge in [0.1, 0.15) is 5.03 Å². The van der Waals surface area contributed by atoms with E-state index in [1.165, 1.54) is 6.07 Å². The van der Waals surface area contributed by atoms with Gasteiger partial charge in [0, 0.05) is 18.4 Å². The average molecular weight is 252 g/mol. The van der Waals surface area contributed by atoms with Crippen molar-refractivity contribution in [2.45, 2.75) is 5.03 Å². The Morgan fingerprint density at radius 2 is 2.00 bits per heavy atom. The van der Waals surface area contributed by atoms with E-state index in [1.807, 2.05) is 0 Å². The Labute approximate surface area is 77.7 Å². The third-order valence-corrected chi connectivity index (χ3v) is 2.63. The fourth-order valence-electron chi connectivity index (χ4n) is 0.685. The van der Waals surface area contributed by atoms with Crippen molar-refractivity contribution in [3.05, 3.63) is 27.0 Å². The molecule has 0 unspecified atom stereocenters. The minimum absolute atomic E-state index is 0.0816. The van der Waals surface area contributed by atoms with Crippen LogP contribution in [-0.4, -0.2) is 19.7 Å². The second kappa shape index (κ2) is 3.02. The second-order valence-electron chi connectivity index (χ2n) is 2.30. The molecule has 0 saturated carbocycles. The van der Waals surface area contributed by atoms with E-state index in [1.54, 1.807) is 0 Å². The summed E-state index contributed by atoms with van der Waals surface area (Å²) in [7, 11) is -3.33. The lowest BCUT2D eigenvalue weighted by molar-refractivity contribution is 0.598. The van der Waals surface area contributed by atoms with Gasteiger partial charge in [0.15, 0.2) is 15.3 Å². The maximum Gasteiger partial charge on any atom is 0.190 e. The summed E-state index contributed by atoms with van der Waals surface area (Å²) in [6.07, 6.45) is 1.03. The molecule has 1 aromatic heterocycles. The molecule has 0 aliphatic rings. The van der Waals surface area contributed by atoms with Gasteiger partial charge in [-0.15, -0.1) is 0 Å². The summed E-state index contributed by atoms with van der Waals surface area (Å²) in [5.74, 6) is 0. The summed E-state index contributed by atoms with van der Waals surface area (Å²) in [6.45, 7) is 0. The van der Waals surface area contributed by atoms with Gasteiger partial charge in [-0.3, -0.25) is 4.79 Å². The molecule has 0 saturated heterocycles. The first-order chi connectivity index (χ1) is 5.39. The predicted octanol–water partition coefficient (Wildman–Crippen LogP) is 0.541. The Morgan fingerprint density at radius 3 is 2.42 bits per heavy atom. The van der Waals surface area contributed by atoms with E-state index in [2.05, 4.69) is 20.9 Å². The van der Waals surface area contributed by atoms with Crippen LogP contribution in [0.4, 0.5) is 0 Å². The second-order valence-corrected chi connectivity index (χ2v) is 5.14. The largest absolute Gasteiger partial charge is 0.340 e. The predicted molar refractivity (Wildman–Crippen MR) is 47.9 cm³/mol. The van der Waals surface area contributed by atoms with Crippen molar-refractivity contribution >= 4 is 25.8 Å². The minimum atomic E-state index is -3.33. The van der Waals surface area contributed by atoms with Crippen molar-refractivity contribution in [2.75, 3.05) is 6.26 Å². The van der Waals surface area contributed by atoms with Crippen LogP contribution in [0.5, 0.6) is 0 Å². The van der Waals surface area contributed by atoms with Crippen LogP contribution in [0.2, 0.25) is 0 Å². The molecule has 0 bridgehead atoms. The highest BCUT2D eigenvalue weighted by atomic mass is 79.9. The molecule has 12 heavy (non-hydrogen) atoms. The van der Waals surface area contributed by atoms with Gasteiger partial charge in [0.2, 0.25) is 0 Å². The molecule has 0 atom stereocenters. The number of pyridine rings is 1. The van der Waals surface area contributed by atoms with E-state index < -0.39 is 9.84 Å². The van der Waals surface area contributed by atoms with Crippen LogP contribution in [0.1, 0.15) is 0 Å². The summed E-state index contributed by atoms with van der Waals surface area (Å²) in [5.41, 5.74) is -0.346. The van der Waals surface area contributed by atoms with Gasteiger partial charge in [-0.05, 0) is 15.9 Å². The lowest BCUT2D eigenvalue weighted by Gasteiger charge is -1.97. The zero-order valence-electron chi connectivity index (χ0n) is 6.17. The Balaban J connectivity index is 3.48. The normalized spacial score (nSPS) is 11.5. The maximum atomic E-state index is 10.9. The van der Waals surface area contributed by atoms with E-state index in [0.29, 0.717) is 4.60 Å². The van der Waals surface area contributed by atoms with E-state index in [0.717, 1.165) is 12.3 Å². The molecule has 1 heterocycles. The molecule has 1 rings (SSSR count). The van der Waals surface area contributed by atoms with Crippen LogP contribution in [0.25, 0.3) is 0 Å². The molecule has 4 nitrogen and oxygen atoms in total. The van der Waals surface area contributed by atoms with E-state index in [9.17, 15) is 13.2 Å². The lowest BCUT2D eigenvalue weighted by Crippen LogP contribution is -2.07. The molecule has 0 aliphatic carbocycles. The molecule has 66 valence electrons. The molecular weight excluding hydrogens is 246 g/mol. The Kier molecular flexibility index (Phi) is 2.39. The Morgan fingerprint density at radius 1 is 1.42 bits per heavy atom. The maximum absolute atomic E-state index is 10.9. The van der Waals surface area contributed by atoms with Crippen LogP contribution in [-0.2, 0) is 9.84 Å². The third kappa shape index (κ3) is 2.18. The molecule has 0 radical (unpaired) electrons. The molecule has 0 fully saturated rings. The first-order valence-electron chi connectivity index (χ1n) is 2.99. The van der Waals surface area contributed by atoms with Gasteiger partial charge >= 0.3 is 0 Å². The molecule has 0 spiro atoms. The highest BCUT2D eigenvalue weighted by Crippen LogP contribution is 2.07. The number of sulfone groups is 1. The Hall–Kier alpha value is -0.620. The molecule has 1 N–H and O–H groups in total. The molecule has 6 heteroatoms. The lowest BCUT2D eigenvalue weighted by atomic mass is 10.5. The van der Waals surface area contributed by atoms with Crippen molar-refractivity contribution < 1.29 is 8.42 Å². The standard InChI is InChI=1S/C6H6BrNO3S/c1-12(10,11)6-3-4(9)2-5(7)8-6/h2-3H,1H3,(H,8,9). The van der Waals surface area contributed by atoms with Gasteiger partial charge < -0.3 is 4.98 Å². The summed E-state index contributed by atoms with van der Waals surface area (Å²) < 4.78 is 22.2. The SMILES string of the molecule is CS(=O)(=O)c1cc(=O)cc(Br)[nH]1. The number of halogens is 1. The van der Waals surface area contributed by atoms with Crippen LogP contribution < -0.4 is 5.43 Å². The Bertz CT molecular complexity index is 448. The van der Waals surface area contributed by atoms with Gasteiger partial charge in [-0.2, -0.15) is 0 Å². The molecule has 0 amide bonds. The number of hydrogen-bond acceptors (Lipinski definition) is 3. The summed E-state index contributed by atoms with van der Waals surface area (Å²) in [5, 5.41) is -0.0816. The van der Waals surface area contributed by atoms with Crippen molar-refractivity contribution in [1.82, 2.24) is 4.98 Å². The van der Waals surface area contributed by atoms with Crippen molar-refractivity contribution in [1.29, 1.82) is 0 Å². The zero-order chi connectivity index (χ0) is 9.35. The van der Waals surface area contributed by atoms with Crippen molar-refractivity contribution in [3.63, 3.8) is 0 Å². The zero-order valence-corrected chi connectivity index (χ0v) is 8.57. The molecule has 1 aromatic rings. The monoisotopic (exact) mass is 251 g/mol. The van der Waals surface area contributed by atoms with E-state index in [4.69, 9.17) is 0 Å². The first-order valence-corrected chi connectivity index (χ1v) is 5.68. The van der Waals surface area contributed by atoms with Crippen molar-refractivity contribution in [3.8, 4) is 0 Å². The van der Waals surface area contributed by atoms with E-state index in [-0.39, 0.29) is 10.5 Å². The smallest absolute Gasteiger partial charge is 0.190 e. The van der Waals surface area contributed by atoms with E-state index >= 15 is 0 Å². The molecule has 0 aromatic carbocycles. The number of hydrogen-bond donors (Lipinski definition) is 1. The van der Waals surface area contributed by atoms with Gasteiger partial charge in [0.05, 0.1) is 4.60 Å². The number of aromatic amines is 1.